The molecule has 192 valence electrons. The number of carboxylic acid groups (broad SMARTS) is 1. The maximum Gasteiger partial charge on any atom is 0.409 e. The van der Waals surface area contributed by atoms with Gasteiger partial charge in [0.25, 0.3) is 5.91 Å². The zero-order chi connectivity index (χ0) is 27.1. The van der Waals surface area contributed by atoms with E-state index in [0.29, 0.717) is 32.1 Å². The van der Waals surface area contributed by atoms with Crippen LogP contribution in [0.15, 0.2) is 59.1 Å². The second-order valence-corrected chi connectivity index (χ2v) is 11.5. The van der Waals surface area contributed by atoms with Gasteiger partial charge in [0.05, 0.1) is 21.5 Å². The predicted molar refractivity (Wildman–Crippen MR) is 151 cm³/mol. The molecule has 1 fully saturated rings. The first-order valence-electron chi connectivity index (χ1n) is 10.7. The number of amides is 3. The summed E-state index contributed by atoms with van der Waals surface area (Å²) < 4.78 is -0.600. The number of halogens is 5. The molecule has 2 atom stereocenters. The molecule has 0 aliphatic heterocycles. The molecular weight excluding hydrogens is 628 g/mol. The Hall–Kier alpha value is -2.49. The van der Waals surface area contributed by atoms with Crippen molar-refractivity contribution in [2.75, 3.05) is 16.0 Å². The van der Waals surface area contributed by atoms with Crippen LogP contribution in [0.25, 0.3) is 0 Å². The molecule has 0 radical (unpaired) electrons. The predicted octanol–water partition coefficient (Wildman–Crippen LogP) is 7.93. The van der Waals surface area contributed by atoms with Crippen molar-refractivity contribution < 1.29 is 19.5 Å². The molecule has 12 heteroatoms. The summed E-state index contributed by atoms with van der Waals surface area (Å²) in [5.74, 6) is -2.12. The highest BCUT2D eigenvalue weighted by Crippen LogP contribution is 2.65. The molecule has 1 aliphatic carbocycles. The van der Waals surface area contributed by atoms with Crippen molar-refractivity contribution >= 4 is 97.3 Å². The Balaban J connectivity index is 1.48. The van der Waals surface area contributed by atoms with E-state index in [0.717, 1.165) is 5.56 Å². The van der Waals surface area contributed by atoms with Crippen LogP contribution in [0, 0.1) is 12.8 Å². The van der Waals surface area contributed by atoms with Crippen molar-refractivity contribution in [3.05, 3.63) is 85.8 Å². The normalized spacial score (nSPS) is 17.6. The molecule has 3 amide bonds. The van der Waals surface area contributed by atoms with Crippen LogP contribution in [0.2, 0.25) is 10.0 Å². The minimum absolute atomic E-state index is 0.127. The lowest BCUT2D eigenvalue weighted by Crippen LogP contribution is -2.18. The van der Waals surface area contributed by atoms with Gasteiger partial charge in [0.2, 0.25) is 5.91 Å². The number of hydrogen-bond acceptors (Lipinski definition) is 3. The van der Waals surface area contributed by atoms with E-state index in [4.69, 9.17) is 51.5 Å². The lowest BCUT2D eigenvalue weighted by atomic mass is 10.1. The van der Waals surface area contributed by atoms with Crippen LogP contribution in [-0.4, -0.2) is 27.3 Å². The summed E-state index contributed by atoms with van der Waals surface area (Å²) in [4.78, 5) is 36.8. The van der Waals surface area contributed by atoms with E-state index in [1.807, 2.05) is 0 Å². The van der Waals surface area contributed by atoms with Gasteiger partial charge >= 0.3 is 6.09 Å². The van der Waals surface area contributed by atoms with Crippen LogP contribution in [0.5, 0.6) is 0 Å². The first kappa shape index (κ1) is 27.5. The molecule has 0 heterocycles. The number of rotatable bonds is 6. The highest BCUT2D eigenvalue weighted by Gasteiger charge is 2.67. The Morgan fingerprint density at radius 2 is 1.57 bits per heavy atom. The van der Waals surface area contributed by atoms with Crippen molar-refractivity contribution in [2.24, 2.45) is 5.92 Å². The van der Waals surface area contributed by atoms with Gasteiger partial charge in [-0.1, -0.05) is 29.3 Å². The molecule has 0 bridgehead atoms. The Bertz CT molecular complexity index is 1430. The van der Waals surface area contributed by atoms with Crippen LogP contribution in [0.4, 0.5) is 21.9 Å². The van der Waals surface area contributed by atoms with Gasteiger partial charge in [-0.3, -0.25) is 14.9 Å². The van der Waals surface area contributed by atoms with E-state index in [2.05, 4.69) is 31.9 Å². The van der Waals surface area contributed by atoms with Crippen molar-refractivity contribution in [3.63, 3.8) is 0 Å². The molecule has 0 saturated heterocycles. The maximum absolute atomic E-state index is 13.0. The molecule has 4 rings (SSSR count). The quantitative estimate of drug-likeness (QED) is 0.204. The lowest BCUT2D eigenvalue weighted by Gasteiger charge is -2.12. The first-order valence-corrected chi connectivity index (χ1v) is 13.0. The van der Waals surface area contributed by atoms with Crippen LogP contribution < -0.4 is 16.0 Å². The summed E-state index contributed by atoms with van der Waals surface area (Å²) in [6.45, 7) is 1.72. The summed E-state index contributed by atoms with van der Waals surface area (Å²) in [6.07, 6.45) is -1.19. The van der Waals surface area contributed by atoms with Crippen molar-refractivity contribution in [1.82, 2.24) is 0 Å². The average Bonchev–Trinajstić information content (AvgIpc) is 3.40. The summed E-state index contributed by atoms with van der Waals surface area (Å²) in [7, 11) is 0. The fourth-order valence-electron chi connectivity index (χ4n) is 3.97. The molecule has 1 saturated carbocycles. The second kappa shape index (κ2) is 10.7. The monoisotopic (exact) mass is 643 g/mol. The number of hydrogen-bond donors (Lipinski definition) is 4. The first-order chi connectivity index (χ1) is 17.4. The Kier molecular flexibility index (Phi) is 7.97. The number of alkyl halides is 2. The van der Waals surface area contributed by atoms with Gasteiger partial charge in [-0.05, 0) is 82.5 Å². The molecule has 37 heavy (non-hydrogen) atoms. The van der Waals surface area contributed by atoms with E-state index in [1.165, 1.54) is 18.2 Å². The third-order valence-electron chi connectivity index (χ3n) is 5.84. The van der Waals surface area contributed by atoms with Crippen LogP contribution in [-0.2, 0) is 4.79 Å². The van der Waals surface area contributed by atoms with Gasteiger partial charge in [0.1, 0.15) is 4.33 Å². The number of anilines is 3. The van der Waals surface area contributed by atoms with Gasteiger partial charge < -0.3 is 15.7 Å². The summed E-state index contributed by atoms with van der Waals surface area (Å²) >= 11 is 28.7. The molecule has 3 aromatic carbocycles. The van der Waals surface area contributed by atoms with Gasteiger partial charge in [0.15, 0.2) is 0 Å². The van der Waals surface area contributed by atoms with Crippen LogP contribution >= 0.6 is 62.3 Å². The van der Waals surface area contributed by atoms with Crippen molar-refractivity contribution in [3.8, 4) is 0 Å². The maximum atomic E-state index is 13.0. The van der Waals surface area contributed by atoms with Gasteiger partial charge in [-0.2, -0.15) is 0 Å². The SMILES string of the molecule is Cc1cc(NC(=O)O)ccc1NC(=O)c1cc(NC(=O)[C@@H]2[C@@H](c3ccc(Br)c(Cl)c3)C2(Cl)Cl)ccc1Cl. The van der Waals surface area contributed by atoms with Crippen LogP contribution in [0.1, 0.15) is 27.4 Å². The fraction of sp³-hybridized carbons (Fsp3) is 0.160. The smallest absolute Gasteiger partial charge is 0.409 e. The third-order valence-corrected chi connectivity index (χ3v) is 8.35. The minimum Gasteiger partial charge on any atom is -0.465 e. The molecule has 4 N–H and O–H groups in total. The largest absolute Gasteiger partial charge is 0.465 e. The average molecular weight is 646 g/mol. The number of aryl methyl sites for hydroxylation is 1. The number of carbonyl (C=O) groups is 3. The summed E-state index contributed by atoms with van der Waals surface area (Å²) in [6, 6.07) is 14.4. The lowest BCUT2D eigenvalue weighted by molar-refractivity contribution is -0.117. The van der Waals surface area contributed by atoms with Crippen LogP contribution in [0.3, 0.4) is 0 Å². The zero-order valence-corrected chi connectivity index (χ0v) is 23.5. The van der Waals surface area contributed by atoms with Crippen molar-refractivity contribution in [2.45, 2.75) is 17.2 Å². The summed E-state index contributed by atoms with van der Waals surface area (Å²) in [5, 5.41) is 17.3. The molecule has 0 aromatic heterocycles. The highest BCUT2D eigenvalue weighted by molar-refractivity contribution is 9.10. The highest BCUT2D eigenvalue weighted by atomic mass is 79.9. The number of benzene rings is 3. The molecule has 1 aliphatic rings. The van der Waals surface area contributed by atoms with Gasteiger partial charge in [0, 0.05) is 27.5 Å². The zero-order valence-electron chi connectivity index (χ0n) is 18.9. The standard InChI is InChI=1S/C25H18BrCl4N3O4/c1-11-8-13(32-24(36)37)4-7-19(11)33-22(34)15-10-14(3-6-17(15)27)31-23(35)21-20(25(21,29)30)12-2-5-16(26)18(28)9-12/h2-10,20-21,32H,1H3,(H,31,35)(H,33,34)(H,36,37)/t20-,21+/m1/s1. The Morgan fingerprint density at radius 3 is 2.22 bits per heavy atom. The topological polar surface area (TPSA) is 108 Å². The Morgan fingerprint density at radius 1 is 0.892 bits per heavy atom. The number of nitrogens with one attached hydrogen (secondary N) is 3. The Labute approximate surface area is 240 Å². The minimum atomic E-state index is -1.31. The van der Waals surface area contributed by atoms with Gasteiger partial charge in [-0.15, -0.1) is 23.2 Å². The fourth-order valence-corrected chi connectivity index (χ4v) is 5.43. The van der Waals surface area contributed by atoms with E-state index in [1.54, 1.807) is 43.3 Å². The number of carbonyl (C=O) groups excluding carboxylic acids is 2. The molecular formula is C25H18BrCl4N3O4. The van der Waals surface area contributed by atoms with Gasteiger partial charge in [-0.25, -0.2) is 4.79 Å². The third kappa shape index (κ3) is 5.99. The van der Waals surface area contributed by atoms with E-state index >= 15 is 0 Å². The van der Waals surface area contributed by atoms with Crippen molar-refractivity contribution in [1.29, 1.82) is 0 Å². The molecule has 0 unspecified atom stereocenters. The second-order valence-electron chi connectivity index (χ2n) is 8.40. The molecule has 0 spiro atoms. The van der Waals surface area contributed by atoms with E-state index in [9.17, 15) is 14.4 Å². The molecule has 3 aromatic rings. The summed E-state index contributed by atoms with van der Waals surface area (Å²) in [5.41, 5.74) is 2.66. The van der Waals surface area contributed by atoms with E-state index in [-0.39, 0.29) is 10.6 Å². The van der Waals surface area contributed by atoms with E-state index < -0.39 is 34.1 Å². The molecule has 7 nitrogen and oxygen atoms in total.